The molecule has 6 aromatic rings. The standard InChI is InChI=1S/C57H73N3O/c1-36-33-57(14,39-22-25-56(12,13)26-23-39)27-24-43(36)45-31-49(58-34-37(45)2)38-16-15-17-41(28-38)61-42-19-20-44-46-29-40(53(3,4)5)18-21-50(46)60(51(44)30-42)52-32-47(54(6,7)8)48(35-59-52)55(9,10)11/h15-21,28-32,34-36,39,43H,22-27,33H2,1-14H3. The lowest BCUT2D eigenvalue weighted by Gasteiger charge is -2.49. The highest BCUT2D eigenvalue weighted by Gasteiger charge is 2.44. The highest BCUT2D eigenvalue weighted by molar-refractivity contribution is 6.09. The van der Waals surface area contributed by atoms with Gasteiger partial charge < -0.3 is 4.74 Å². The molecule has 3 atom stereocenters. The third-order valence-electron chi connectivity index (χ3n) is 15.1. The topological polar surface area (TPSA) is 39.9 Å². The monoisotopic (exact) mass is 816 g/mol. The van der Waals surface area contributed by atoms with E-state index in [-0.39, 0.29) is 16.2 Å². The molecule has 3 aromatic heterocycles. The molecule has 3 heterocycles. The number of rotatable bonds is 6. The van der Waals surface area contributed by atoms with E-state index < -0.39 is 0 Å². The molecule has 0 aliphatic heterocycles. The molecule has 4 nitrogen and oxygen atoms in total. The van der Waals surface area contributed by atoms with Gasteiger partial charge in [-0.1, -0.05) is 108 Å². The van der Waals surface area contributed by atoms with E-state index in [1.807, 2.05) is 0 Å². The highest BCUT2D eigenvalue weighted by Crippen LogP contribution is 2.55. The molecule has 0 radical (unpaired) electrons. The molecule has 0 spiro atoms. The maximum absolute atomic E-state index is 6.77. The third kappa shape index (κ3) is 8.55. The molecule has 2 aliphatic carbocycles. The summed E-state index contributed by atoms with van der Waals surface area (Å²) in [5, 5.41) is 2.42. The van der Waals surface area contributed by atoms with E-state index in [2.05, 4.69) is 187 Å². The van der Waals surface area contributed by atoms with Crippen LogP contribution in [0.2, 0.25) is 0 Å². The predicted molar refractivity (Wildman–Crippen MR) is 259 cm³/mol. The lowest BCUT2D eigenvalue weighted by atomic mass is 9.56. The van der Waals surface area contributed by atoms with Crippen molar-refractivity contribution in [2.24, 2.45) is 22.7 Å². The van der Waals surface area contributed by atoms with Gasteiger partial charge in [0.05, 0.1) is 16.7 Å². The van der Waals surface area contributed by atoms with Crippen LogP contribution in [0, 0.1) is 29.6 Å². The SMILES string of the molecule is Cc1cnc(-c2cccc(Oc3ccc4c5cc(C(C)(C)C)ccc5n(-c5cc(C(C)(C)C)c(C(C)(C)C)cn5)c4c3)c2)cc1C1CCC(C)(C2CCC(C)(C)CC2)CC1C. The lowest BCUT2D eigenvalue weighted by molar-refractivity contribution is 0.0289. The average Bonchev–Trinajstić information content (AvgIpc) is 3.50. The molecular formula is C57H73N3O. The van der Waals surface area contributed by atoms with Crippen molar-refractivity contribution >= 4 is 21.8 Å². The number of hydrogen-bond acceptors (Lipinski definition) is 3. The molecule has 2 aliphatic rings. The predicted octanol–water partition coefficient (Wildman–Crippen LogP) is 16.4. The van der Waals surface area contributed by atoms with Crippen LogP contribution in [0.5, 0.6) is 11.5 Å². The smallest absolute Gasteiger partial charge is 0.137 e. The quantitative estimate of drug-likeness (QED) is 0.168. The number of aromatic nitrogens is 3. The largest absolute Gasteiger partial charge is 0.457 e. The zero-order chi connectivity index (χ0) is 43.9. The summed E-state index contributed by atoms with van der Waals surface area (Å²) >= 11 is 0. The molecule has 8 rings (SSSR count). The van der Waals surface area contributed by atoms with Crippen LogP contribution < -0.4 is 4.74 Å². The van der Waals surface area contributed by atoms with Gasteiger partial charge in [0.25, 0.3) is 0 Å². The Bertz CT molecular complexity index is 2580. The van der Waals surface area contributed by atoms with E-state index in [4.69, 9.17) is 14.7 Å². The summed E-state index contributed by atoms with van der Waals surface area (Å²) in [6.45, 7) is 32.9. The number of nitrogens with zero attached hydrogens (tertiary/aromatic N) is 3. The first-order valence-corrected chi connectivity index (χ1v) is 23.4. The first kappa shape index (κ1) is 43.2. The van der Waals surface area contributed by atoms with Crippen molar-refractivity contribution in [3.05, 3.63) is 113 Å². The molecule has 2 fully saturated rings. The van der Waals surface area contributed by atoms with E-state index in [1.165, 1.54) is 83.5 Å². The Morgan fingerprint density at radius 2 is 1.36 bits per heavy atom. The van der Waals surface area contributed by atoms with Gasteiger partial charge in [0.1, 0.15) is 17.3 Å². The Kier molecular flexibility index (Phi) is 10.9. The molecule has 3 unspecified atom stereocenters. The number of benzene rings is 3. The second-order valence-corrected chi connectivity index (χ2v) is 23.6. The van der Waals surface area contributed by atoms with Crippen molar-refractivity contribution in [1.82, 2.24) is 14.5 Å². The summed E-state index contributed by atoms with van der Waals surface area (Å²) in [6, 6.07) is 26.7. The lowest BCUT2D eigenvalue weighted by Crippen LogP contribution is -2.38. The molecule has 3 aromatic carbocycles. The first-order valence-electron chi connectivity index (χ1n) is 23.4. The Hall–Kier alpha value is -4.44. The number of ether oxygens (including phenoxy) is 1. The van der Waals surface area contributed by atoms with Gasteiger partial charge in [-0.05, 0) is 173 Å². The van der Waals surface area contributed by atoms with Crippen LogP contribution in [0.4, 0.5) is 0 Å². The van der Waals surface area contributed by atoms with Gasteiger partial charge in [0.2, 0.25) is 0 Å². The molecule has 2 saturated carbocycles. The first-order chi connectivity index (χ1) is 28.5. The van der Waals surface area contributed by atoms with Crippen molar-refractivity contribution in [1.29, 1.82) is 0 Å². The Balaban J connectivity index is 1.12. The molecule has 0 bridgehead atoms. The summed E-state index contributed by atoms with van der Waals surface area (Å²) in [5.41, 5.74) is 12.0. The van der Waals surface area contributed by atoms with E-state index in [1.54, 1.807) is 0 Å². The summed E-state index contributed by atoms with van der Waals surface area (Å²) in [4.78, 5) is 10.2. The van der Waals surface area contributed by atoms with Gasteiger partial charge in [0.15, 0.2) is 0 Å². The minimum atomic E-state index is -0.0483. The molecule has 4 heteroatoms. The summed E-state index contributed by atoms with van der Waals surface area (Å²) in [5.74, 6) is 4.60. The number of aryl methyl sites for hydroxylation is 1. The van der Waals surface area contributed by atoms with Crippen molar-refractivity contribution in [3.8, 4) is 28.6 Å². The molecule has 0 amide bonds. The van der Waals surface area contributed by atoms with Crippen LogP contribution in [0.3, 0.4) is 0 Å². The second kappa shape index (κ2) is 15.4. The van der Waals surface area contributed by atoms with E-state index in [9.17, 15) is 0 Å². The minimum Gasteiger partial charge on any atom is -0.457 e. The van der Waals surface area contributed by atoms with Crippen LogP contribution in [-0.4, -0.2) is 14.5 Å². The Labute approximate surface area is 368 Å². The fraction of sp³-hybridized carbons (Fsp3) is 0.509. The zero-order valence-electron chi connectivity index (χ0n) is 40.0. The van der Waals surface area contributed by atoms with Gasteiger partial charge in [-0.3, -0.25) is 9.55 Å². The maximum atomic E-state index is 6.77. The van der Waals surface area contributed by atoms with Crippen LogP contribution in [0.25, 0.3) is 38.9 Å². The number of fused-ring (bicyclic) bond motifs is 3. The third-order valence-corrected chi connectivity index (χ3v) is 15.1. The van der Waals surface area contributed by atoms with Gasteiger partial charge in [-0.25, -0.2) is 4.98 Å². The minimum absolute atomic E-state index is 0.0234. The van der Waals surface area contributed by atoms with Crippen molar-refractivity contribution < 1.29 is 4.74 Å². The Morgan fingerprint density at radius 3 is 2.03 bits per heavy atom. The van der Waals surface area contributed by atoms with Gasteiger partial charge in [-0.15, -0.1) is 0 Å². The zero-order valence-corrected chi connectivity index (χ0v) is 40.0. The van der Waals surface area contributed by atoms with Crippen molar-refractivity contribution in [2.75, 3.05) is 0 Å². The van der Waals surface area contributed by atoms with E-state index in [0.717, 1.165) is 45.5 Å². The molecule has 61 heavy (non-hydrogen) atoms. The molecular weight excluding hydrogens is 743 g/mol. The van der Waals surface area contributed by atoms with Crippen molar-refractivity contribution in [2.45, 2.75) is 164 Å². The molecule has 0 saturated heterocycles. The van der Waals surface area contributed by atoms with Crippen LogP contribution >= 0.6 is 0 Å². The van der Waals surface area contributed by atoms with E-state index >= 15 is 0 Å². The van der Waals surface area contributed by atoms with Crippen molar-refractivity contribution in [3.63, 3.8) is 0 Å². The van der Waals surface area contributed by atoms with E-state index in [0.29, 0.717) is 22.7 Å². The normalized spacial score (nSPS) is 21.6. The van der Waals surface area contributed by atoms with Crippen LogP contribution in [0.15, 0.2) is 85.2 Å². The summed E-state index contributed by atoms with van der Waals surface area (Å²) in [6.07, 6.45) is 13.7. The highest BCUT2D eigenvalue weighted by atomic mass is 16.5. The molecule has 0 N–H and O–H groups in total. The fourth-order valence-corrected chi connectivity index (χ4v) is 11.2. The van der Waals surface area contributed by atoms with Gasteiger partial charge >= 0.3 is 0 Å². The number of pyridine rings is 2. The van der Waals surface area contributed by atoms with Crippen LogP contribution in [0.1, 0.15) is 169 Å². The maximum Gasteiger partial charge on any atom is 0.137 e. The Morgan fingerprint density at radius 1 is 0.656 bits per heavy atom. The summed E-state index contributed by atoms with van der Waals surface area (Å²) in [7, 11) is 0. The second-order valence-electron chi connectivity index (χ2n) is 23.6. The summed E-state index contributed by atoms with van der Waals surface area (Å²) < 4.78 is 9.11. The van der Waals surface area contributed by atoms with Gasteiger partial charge in [-0.2, -0.15) is 0 Å². The molecule has 322 valence electrons. The fourth-order valence-electron chi connectivity index (χ4n) is 11.2. The van der Waals surface area contributed by atoms with Crippen LogP contribution in [-0.2, 0) is 16.2 Å². The number of hydrogen-bond donors (Lipinski definition) is 0. The average molecular weight is 816 g/mol. The van der Waals surface area contributed by atoms with Gasteiger partial charge in [0, 0.05) is 34.8 Å².